The Kier molecular flexibility index (Phi) is 5.95. The van der Waals surface area contributed by atoms with E-state index in [2.05, 4.69) is 20.7 Å². The van der Waals surface area contributed by atoms with Crippen LogP contribution in [-0.2, 0) is 11.3 Å². The number of amides is 1. The Labute approximate surface area is 166 Å². The standard InChI is InChI=1S/C18H18ClN5O4/c1-26-14-8-13(9-15(27-2)17(14)28-3)20-16(25)10-24-22-18(21-23-24)11-4-6-12(19)7-5-11/h4-9H,10H2,1-3H3,(H,20,25). The molecule has 10 heteroatoms. The predicted octanol–water partition coefficient (Wildman–Crippen LogP) is 2.66. The third-order valence-electron chi connectivity index (χ3n) is 3.79. The number of methoxy groups -OCH3 is 3. The highest BCUT2D eigenvalue weighted by atomic mass is 35.5. The van der Waals surface area contributed by atoms with Gasteiger partial charge in [0.05, 0.1) is 21.3 Å². The van der Waals surface area contributed by atoms with Gasteiger partial charge in [-0.1, -0.05) is 11.6 Å². The van der Waals surface area contributed by atoms with Crippen molar-refractivity contribution in [2.75, 3.05) is 26.6 Å². The maximum absolute atomic E-state index is 12.4. The third-order valence-corrected chi connectivity index (χ3v) is 4.04. The molecule has 0 atom stereocenters. The molecule has 0 aliphatic rings. The minimum absolute atomic E-state index is 0.114. The predicted molar refractivity (Wildman–Crippen MR) is 103 cm³/mol. The summed E-state index contributed by atoms with van der Waals surface area (Å²) in [6.45, 7) is -0.114. The minimum atomic E-state index is -0.339. The van der Waals surface area contributed by atoms with Gasteiger partial charge in [0, 0.05) is 28.4 Å². The van der Waals surface area contributed by atoms with E-state index in [-0.39, 0.29) is 12.5 Å². The number of halogens is 1. The fourth-order valence-corrected chi connectivity index (χ4v) is 2.63. The molecule has 3 aromatic rings. The molecular formula is C18H18ClN5O4. The zero-order valence-corrected chi connectivity index (χ0v) is 16.2. The maximum Gasteiger partial charge on any atom is 0.248 e. The fraction of sp³-hybridized carbons (Fsp3) is 0.222. The summed E-state index contributed by atoms with van der Waals surface area (Å²) in [7, 11) is 4.51. The van der Waals surface area contributed by atoms with Gasteiger partial charge in [-0.3, -0.25) is 4.79 Å². The quantitative estimate of drug-likeness (QED) is 0.647. The van der Waals surface area contributed by atoms with Gasteiger partial charge in [0.2, 0.25) is 17.5 Å². The summed E-state index contributed by atoms with van der Waals surface area (Å²) in [6, 6.07) is 10.3. The van der Waals surface area contributed by atoms with E-state index in [0.29, 0.717) is 33.8 Å². The summed E-state index contributed by atoms with van der Waals surface area (Å²) in [5.41, 5.74) is 1.23. The van der Waals surface area contributed by atoms with Crippen LogP contribution in [0.5, 0.6) is 17.2 Å². The Hall–Kier alpha value is -3.33. The molecule has 1 N–H and O–H groups in total. The van der Waals surface area contributed by atoms with Gasteiger partial charge < -0.3 is 19.5 Å². The smallest absolute Gasteiger partial charge is 0.248 e. The number of carbonyl (C=O) groups excluding carboxylic acids is 1. The van der Waals surface area contributed by atoms with Gasteiger partial charge in [-0.15, -0.1) is 10.2 Å². The molecule has 0 radical (unpaired) electrons. The Bertz CT molecular complexity index is 949. The lowest BCUT2D eigenvalue weighted by Gasteiger charge is -2.14. The number of anilines is 1. The zero-order chi connectivity index (χ0) is 20.1. The number of ether oxygens (including phenoxy) is 3. The van der Waals surface area contributed by atoms with Crippen molar-refractivity contribution in [3.05, 3.63) is 41.4 Å². The second-order valence-electron chi connectivity index (χ2n) is 5.61. The lowest BCUT2D eigenvalue weighted by molar-refractivity contribution is -0.117. The van der Waals surface area contributed by atoms with Crippen LogP contribution in [0.3, 0.4) is 0 Å². The monoisotopic (exact) mass is 403 g/mol. The topological polar surface area (TPSA) is 100 Å². The highest BCUT2D eigenvalue weighted by molar-refractivity contribution is 6.30. The first-order chi connectivity index (χ1) is 13.5. The van der Waals surface area contributed by atoms with Crippen LogP contribution in [0, 0.1) is 0 Å². The summed E-state index contributed by atoms with van der Waals surface area (Å²) < 4.78 is 15.8. The molecule has 1 aromatic heterocycles. The lowest BCUT2D eigenvalue weighted by atomic mass is 10.2. The van der Waals surface area contributed by atoms with Crippen molar-refractivity contribution < 1.29 is 19.0 Å². The Balaban J connectivity index is 1.72. The van der Waals surface area contributed by atoms with E-state index in [1.807, 2.05) is 0 Å². The maximum atomic E-state index is 12.4. The minimum Gasteiger partial charge on any atom is -0.493 e. The molecule has 146 valence electrons. The molecule has 9 nitrogen and oxygen atoms in total. The van der Waals surface area contributed by atoms with Crippen molar-refractivity contribution in [3.8, 4) is 28.6 Å². The number of hydrogen-bond donors (Lipinski definition) is 1. The number of rotatable bonds is 7. The van der Waals surface area contributed by atoms with Crippen LogP contribution in [0.4, 0.5) is 5.69 Å². The number of benzene rings is 2. The lowest BCUT2D eigenvalue weighted by Crippen LogP contribution is -2.20. The van der Waals surface area contributed by atoms with Gasteiger partial charge in [0.25, 0.3) is 0 Å². The van der Waals surface area contributed by atoms with E-state index in [4.69, 9.17) is 25.8 Å². The summed E-state index contributed by atoms with van der Waals surface area (Å²) in [5.74, 6) is 1.36. The first-order valence-electron chi connectivity index (χ1n) is 8.17. The van der Waals surface area contributed by atoms with Crippen LogP contribution in [0.15, 0.2) is 36.4 Å². The van der Waals surface area contributed by atoms with Crippen LogP contribution in [-0.4, -0.2) is 47.4 Å². The molecular weight excluding hydrogens is 386 g/mol. The van der Waals surface area contributed by atoms with Gasteiger partial charge in [0.1, 0.15) is 6.54 Å². The number of hydrogen-bond acceptors (Lipinski definition) is 7. The molecule has 0 aliphatic carbocycles. The SMILES string of the molecule is COc1cc(NC(=O)Cn2nnc(-c3ccc(Cl)cc3)n2)cc(OC)c1OC. The molecule has 1 amide bonds. The average Bonchev–Trinajstić information content (AvgIpc) is 3.15. The number of tetrazole rings is 1. The highest BCUT2D eigenvalue weighted by Crippen LogP contribution is 2.39. The molecule has 0 bridgehead atoms. The number of nitrogens with zero attached hydrogens (tertiary/aromatic N) is 4. The number of carbonyl (C=O) groups is 1. The van der Waals surface area contributed by atoms with Crippen molar-refractivity contribution >= 4 is 23.2 Å². The summed E-state index contributed by atoms with van der Waals surface area (Å²) in [6.07, 6.45) is 0. The summed E-state index contributed by atoms with van der Waals surface area (Å²) >= 11 is 5.87. The second-order valence-corrected chi connectivity index (χ2v) is 6.05. The summed E-state index contributed by atoms with van der Waals surface area (Å²) in [4.78, 5) is 13.6. The van der Waals surface area contributed by atoms with Crippen molar-refractivity contribution in [3.63, 3.8) is 0 Å². The van der Waals surface area contributed by atoms with E-state index in [1.54, 1.807) is 36.4 Å². The molecule has 3 rings (SSSR count). The number of nitrogens with one attached hydrogen (secondary N) is 1. The first-order valence-corrected chi connectivity index (χ1v) is 8.55. The van der Waals surface area contributed by atoms with Crippen LogP contribution >= 0.6 is 11.6 Å². The van der Waals surface area contributed by atoms with Crippen molar-refractivity contribution in [2.45, 2.75) is 6.54 Å². The normalized spacial score (nSPS) is 10.4. The average molecular weight is 404 g/mol. The van der Waals surface area contributed by atoms with E-state index in [9.17, 15) is 4.79 Å². The Morgan fingerprint density at radius 1 is 1.07 bits per heavy atom. The molecule has 0 saturated carbocycles. The van der Waals surface area contributed by atoms with Crippen LogP contribution in [0.25, 0.3) is 11.4 Å². The third kappa shape index (κ3) is 4.32. The molecule has 0 saturated heterocycles. The largest absolute Gasteiger partial charge is 0.493 e. The van der Waals surface area contributed by atoms with Crippen molar-refractivity contribution in [2.24, 2.45) is 0 Å². The van der Waals surface area contributed by atoms with Crippen LogP contribution in [0.2, 0.25) is 5.02 Å². The van der Waals surface area contributed by atoms with E-state index < -0.39 is 0 Å². The molecule has 1 heterocycles. The van der Waals surface area contributed by atoms with E-state index >= 15 is 0 Å². The molecule has 0 unspecified atom stereocenters. The first kappa shape index (κ1) is 19.4. The van der Waals surface area contributed by atoms with Gasteiger partial charge in [0.15, 0.2) is 11.5 Å². The van der Waals surface area contributed by atoms with E-state index in [1.165, 1.54) is 26.1 Å². The number of aromatic nitrogens is 4. The second kappa shape index (κ2) is 8.57. The van der Waals surface area contributed by atoms with Crippen molar-refractivity contribution in [1.29, 1.82) is 0 Å². The van der Waals surface area contributed by atoms with Gasteiger partial charge in [-0.2, -0.15) is 4.80 Å². The van der Waals surface area contributed by atoms with Crippen molar-refractivity contribution in [1.82, 2.24) is 20.2 Å². The molecule has 2 aromatic carbocycles. The highest BCUT2D eigenvalue weighted by Gasteiger charge is 2.15. The van der Waals surface area contributed by atoms with Gasteiger partial charge >= 0.3 is 0 Å². The zero-order valence-electron chi connectivity index (χ0n) is 15.5. The molecule has 28 heavy (non-hydrogen) atoms. The van der Waals surface area contributed by atoms with Crippen LogP contribution in [0.1, 0.15) is 0 Å². The van der Waals surface area contributed by atoms with E-state index in [0.717, 1.165) is 5.56 Å². The Morgan fingerprint density at radius 3 is 2.29 bits per heavy atom. The van der Waals surface area contributed by atoms with Crippen LogP contribution < -0.4 is 19.5 Å². The Morgan fingerprint density at radius 2 is 1.71 bits per heavy atom. The molecule has 0 fully saturated rings. The van der Waals surface area contributed by atoms with Gasteiger partial charge in [-0.05, 0) is 29.5 Å². The van der Waals surface area contributed by atoms with Gasteiger partial charge in [-0.25, -0.2) is 0 Å². The summed E-state index contributed by atoms with van der Waals surface area (Å²) in [5, 5.41) is 15.4. The molecule has 0 spiro atoms. The fourth-order valence-electron chi connectivity index (χ4n) is 2.51. The molecule has 0 aliphatic heterocycles.